The molecule has 0 bridgehead atoms. The van der Waals surface area contributed by atoms with E-state index in [9.17, 15) is 0 Å². The van der Waals surface area contributed by atoms with Gasteiger partial charge in [0.1, 0.15) is 5.71 Å². The van der Waals surface area contributed by atoms with Crippen LogP contribution in [0, 0.1) is 0 Å². The molecular weight excluding hydrogens is 308 g/mol. The smallest absolute Gasteiger partial charge is 0.228 e. The molecule has 5 nitrogen and oxygen atoms in total. The summed E-state index contributed by atoms with van der Waals surface area (Å²) in [4.78, 5) is 0. The fraction of sp³-hybridized carbons (Fsp3) is 0.176. The van der Waals surface area contributed by atoms with Crippen LogP contribution in [-0.4, -0.2) is 22.4 Å². The first-order chi connectivity index (χ1) is 11.2. The normalized spacial score (nSPS) is 20.9. The summed E-state index contributed by atoms with van der Waals surface area (Å²) in [6.45, 7) is 2.38. The molecule has 23 heavy (non-hydrogen) atoms. The highest BCUT2D eigenvalue weighted by molar-refractivity contribution is 7.80. The number of hydrogen-bond donors (Lipinski definition) is 2. The summed E-state index contributed by atoms with van der Waals surface area (Å²) in [5, 5.41) is 6.19. The summed E-state index contributed by atoms with van der Waals surface area (Å²) >= 11 is 5.30. The molecule has 1 heterocycles. The first kappa shape index (κ1) is 15.6. The molecule has 3 N–H and O–H groups in total. The average molecular weight is 326 g/mol. The molecular formula is C17H18N4OS. The Morgan fingerprint density at radius 3 is 2.35 bits per heavy atom. The molecule has 0 saturated heterocycles. The van der Waals surface area contributed by atoms with Crippen molar-refractivity contribution < 1.29 is 4.74 Å². The van der Waals surface area contributed by atoms with E-state index in [0.717, 1.165) is 11.1 Å². The van der Waals surface area contributed by atoms with E-state index in [-0.39, 0.29) is 0 Å². The van der Waals surface area contributed by atoms with Crippen LogP contribution < -0.4 is 11.3 Å². The van der Waals surface area contributed by atoms with E-state index in [1.165, 1.54) is 5.01 Å². The minimum Gasteiger partial charge on any atom is -0.345 e. The van der Waals surface area contributed by atoms with Crippen molar-refractivity contribution in [3.8, 4) is 0 Å². The van der Waals surface area contributed by atoms with Gasteiger partial charge in [0.05, 0.1) is 0 Å². The molecule has 6 heteroatoms. The third-order valence-electron chi connectivity index (χ3n) is 3.71. The van der Waals surface area contributed by atoms with Gasteiger partial charge in [-0.3, -0.25) is 5.43 Å². The van der Waals surface area contributed by atoms with Gasteiger partial charge in [0.15, 0.2) is 0 Å². The van der Waals surface area contributed by atoms with E-state index >= 15 is 0 Å². The van der Waals surface area contributed by atoms with Crippen LogP contribution in [0.4, 0.5) is 0 Å². The van der Waals surface area contributed by atoms with Crippen LogP contribution in [0.3, 0.4) is 0 Å². The Bertz CT molecular complexity index is 720. The zero-order valence-electron chi connectivity index (χ0n) is 12.8. The molecule has 0 aliphatic carbocycles. The lowest BCUT2D eigenvalue weighted by atomic mass is 9.91. The molecule has 0 aromatic heterocycles. The van der Waals surface area contributed by atoms with E-state index < -0.39 is 5.72 Å². The molecule has 0 unspecified atom stereocenters. The Morgan fingerprint density at radius 2 is 1.74 bits per heavy atom. The quantitative estimate of drug-likeness (QED) is 0.667. The zero-order chi connectivity index (χ0) is 16.3. The van der Waals surface area contributed by atoms with Gasteiger partial charge in [-0.05, 0) is 19.1 Å². The highest BCUT2D eigenvalue weighted by Gasteiger charge is 2.48. The Morgan fingerprint density at radius 1 is 1.13 bits per heavy atom. The highest BCUT2D eigenvalue weighted by Crippen LogP contribution is 2.34. The van der Waals surface area contributed by atoms with Crippen molar-refractivity contribution in [1.82, 2.24) is 10.4 Å². The number of thiocarbonyl (C=S) groups is 1. The summed E-state index contributed by atoms with van der Waals surface area (Å²) in [7, 11) is 0. The second-order valence-corrected chi connectivity index (χ2v) is 5.44. The van der Waals surface area contributed by atoms with Crippen molar-refractivity contribution in [3.63, 3.8) is 0 Å². The molecule has 1 aliphatic rings. The maximum absolute atomic E-state index is 6.33. The van der Waals surface area contributed by atoms with Crippen LogP contribution in [0.2, 0.25) is 0 Å². The predicted molar refractivity (Wildman–Crippen MR) is 94.5 cm³/mol. The van der Waals surface area contributed by atoms with E-state index in [1.54, 1.807) is 0 Å². The molecule has 0 saturated carbocycles. The molecule has 0 fully saturated rings. The van der Waals surface area contributed by atoms with Crippen molar-refractivity contribution in [2.75, 3.05) is 6.61 Å². The van der Waals surface area contributed by atoms with Gasteiger partial charge in [-0.2, -0.15) is 5.10 Å². The Hall–Kier alpha value is -2.28. The van der Waals surface area contributed by atoms with E-state index in [2.05, 4.69) is 10.5 Å². The van der Waals surface area contributed by atoms with Crippen molar-refractivity contribution >= 4 is 23.0 Å². The van der Waals surface area contributed by atoms with Gasteiger partial charge in [-0.25, -0.2) is 10.9 Å². The van der Waals surface area contributed by atoms with Crippen LogP contribution in [0.15, 0.2) is 65.8 Å². The lowest BCUT2D eigenvalue weighted by Gasteiger charge is -2.44. The summed E-state index contributed by atoms with van der Waals surface area (Å²) in [5.74, 6) is 6.33. The first-order valence-electron chi connectivity index (χ1n) is 7.38. The number of hydrazine groups is 1. The standard InChI is InChI=1S/C17H18N4OS/c1-2-22-17(14-11-7-4-8-12-14)15(13-9-5-3-6-10-13)19-20-16(23)21(17)18/h3-12H,2,18H2,1H3,(H,20,23)/t17-/m0/s1. The van der Waals surface area contributed by atoms with Crippen LogP contribution >= 0.6 is 12.2 Å². The number of ether oxygens (including phenoxy) is 1. The molecule has 118 valence electrons. The van der Waals surface area contributed by atoms with Gasteiger partial charge in [-0.1, -0.05) is 60.7 Å². The minimum absolute atomic E-state index is 0.307. The lowest BCUT2D eigenvalue weighted by Crippen LogP contribution is -2.65. The van der Waals surface area contributed by atoms with Crippen molar-refractivity contribution in [2.24, 2.45) is 10.9 Å². The second kappa shape index (κ2) is 6.45. The van der Waals surface area contributed by atoms with E-state index in [1.807, 2.05) is 67.6 Å². The van der Waals surface area contributed by atoms with Gasteiger partial charge >= 0.3 is 0 Å². The lowest BCUT2D eigenvalue weighted by molar-refractivity contribution is -0.0796. The zero-order valence-corrected chi connectivity index (χ0v) is 13.6. The molecule has 3 rings (SSSR count). The Kier molecular flexibility index (Phi) is 4.38. The van der Waals surface area contributed by atoms with Gasteiger partial charge in [0, 0.05) is 17.7 Å². The Balaban J connectivity index is 2.24. The number of hydrogen-bond acceptors (Lipinski definition) is 4. The number of benzene rings is 2. The second-order valence-electron chi connectivity index (χ2n) is 5.06. The summed E-state index contributed by atoms with van der Waals surface area (Å²) in [6, 6.07) is 19.6. The molecule has 0 radical (unpaired) electrons. The summed E-state index contributed by atoms with van der Waals surface area (Å²) in [5.41, 5.74) is 4.19. The molecule has 2 aromatic carbocycles. The number of rotatable bonds is 4. The van der Waals surface area contributed by atoms with Crippen LogP contribution in [0.1, 0.15) is 18.1 Å². The number of nitrogens with one attached hydrogen (secondary N) is 1. The number of hydrazone groups is 1. The monoisotopic (exact) mass is 326 g/mol. The van der Waals surface area contributed by atoms with Gasteiger partial charge < -0.3 is 4.74 Å². The van der Waals surface area contributed by atoms with Gasteiger partial charge in [0.2, 0.25) is 10.8 Å². The summed E-state index contributed by atoms with van der Waals surface area (Å²) in [6.07, 6.45) is 0. The third-order valence-corrected chi connectivity index (χ3v) is 4.00. The predicted octanol–water partition coefficient (Wildman–Crippen LogP) is 2.34. The minimum atomic E-state index is -1.07. The van der Waals surface area contributed by atoms with Crippen molar-refractivity contribution in [1.29, 1.82) is 0 Å². The van der Waals surface area contributed by atoms with Crippen LogP contribution in [0.5, 0.6) is 0 Å². The maximum atomic E-state index is 6.33. The molecule has 0 amide bonds. The van der Waals surface area contributed by atoms with Crippen LogP contribution in [-0.2, 0) is 10.5 Å². The van der Waals surface area contributed by atoms with Gasteiger partial charge in [0.25, 0.3) is 0 Å². The SMILES string of the molecule is CCO[C@@]1(c2ccccc2)C(c2ccccc2)=NNC(=S)N1N. The van der Waals surface area contributed by atoms with E-state index in [0.29, 0.717) is 17.4 Å². The fourth-order valence-electron chi connectivity index (χ4n) is 2.72. The average Bonchev–Trinajstić information content (AvgIpc) is 2.61. The Labute approximate surface area is 140 Å². The van der Waals surface area contributed by atoms with Gasteiger partial charge in [-0.15, -0.1) is 0 Å². The number of nitrogens with zero attached hydrogens (tertiary/aromatic N) is 2. The maximum Gasteiger partial charge on any atom is 0.228 e. The van der Waals surface area contributed by atoms with E-state index in [4.69, 9.17) is 22.8 Å². The largest absolute Gasteiger partial charge is 0.345 e. The molecule has 1 atom stereocenters. The number of nitrogens with two attached hydrogens (primary N) is 1. The highest BCUT2D eigenvalue weighted by atomic mass is 32.1. The van der Waals surface area contributed by atoms with Crippen molar-refractivity contribution in [3.05, 3.63) is 71.8 Å². The fourth-order valence-corrected chi connectivity index (χ4v) is 2.89. The third kappa shape index (κ3) is 2.61. The molecule has 2 aromatic rings. The first-order valence-corrected chi connectivity index (χ1v) is 7.79. The van der Waals surface area contributed by atoms with Crippen LogP contribution in [0.25, 0.3) is 0 Å². The summed E-state index contributed by atoms with van der Waals surface area (Å²) < 4.78 is 6.15. The molecule has 0 spiro atoms. The molecule has 1 aliphatic heterocycles. The topological polar surface area (TPSA) is 62.9 Å². The van der Waals surface area contributed by atoms with Crippen molar-refractivity contribution in [2.45, 2.75) is 12.6 Å².